The number of hydrogen-bond acceptors (Lipinski definition) is 4. The van der Waals surface area contributed by atoms with E-state index in [4.69, 9.17) is 4.74 Å². The normalized spacial score (nSPS) is 20.7. The van der Waals surface area contributed by atoms with Gasteiger partial charge in [0.25, 0.3) is 0 Å². The van der Waals surface area contributed by atoms with Gasteiger partial charge in [0.05, 0.1) is 6.61 Å². The summed E-state index contributed by atoms with van der Waals surface area (Å²) in [5, 5.41) is 0. The Morgan fingerprint density at radius 2 is 2.04 bits per heavy atom. The molecule has 0 N–H and O–H groups in total. The summed E-state index contributed by atoms with van der Waals surface area (Å²) in [5.74, 6) is 0.657. The number of hydrogen-bond donors (Lipinski definition) is 0. The third-order valence-corrected chi connectivity index (χ3v) is 5.88. The number of halogens is 1. The Hall–Kier alpha value is -1.98. The maximum Gasteiger partial charge on any atom is 0.213 e. The van der Waals surface area contributed by atoms with E-state index >= 15 is 0 Å². The molecule has 1 aromatic heterocycles. The van der Waals surface area contributed by atoms with E-state index in [0.29, 0.717) is 12.5 Å². The highest BCUT2D eigenvalue weighted by atomic mass is 19.1. The second-order valence-corrected chi connectivity index (χ2v) is 8.13. The molecule has 2 aromatic rings. The quantitative estimate of drug-likeness (QED) is 0.704. The molecule has 0 saturated carbocycles. The van der Waals surface area contributed by atoms with Crippen LogP contribution in [0.2, 0.25) is 0 Å². The minimum Gasteiger partial charge on any atom is -0.478 e. The van der Waals surface area contributed by atoms with Crippen LogP contribution < -0.4 is 4.74 Å². The molecule has 1 aromatic carbocycles. The first-order chi connectivity index (χ1) is 13.7. The fourth-order valence-electron chi connectivity index (χ4n) is 4.44. The number of aromatic nitrogens is 1. The summed E-state index contributed by atoms with van der Waals surface area (Å²) < 4.78 is 19.7. The largest absolute Gasteiger partial charge is 0.478 e. The predicted molar refractivity (Wildman–Crippen MR) is 109 cm³/mol. The first kappa shape index (κ1) is 19.3. The monoisotopic (exact) mass is 383 g/mol. The molecule has 150 valence electrons. The van der Waals surface area contributed by atoms with Crippen molar-refractivity contribution in [1.82, 2.24) is 14.8 Å². The van der Waals surface area contributed by atoms with Crippen LogP contribution in [-0.4, -0.2) is 54.6 Å². The van der Waals surface area contributed by atoms with Gasteiger partial charge in [-0.15, -0.1) is 0 Å². The first-order valence-corrected chi connectivity index (χ1v) is 10.5. The number of fused-ring (bicyclic) bond motifs is 1. The number of pyridine rings is 1. The summed E-state index contributed by atoms with van der Waals surface area (Å²) in [6, 6.07) is 8.99. The van der Waals surface area contributed by atoms with Crippen LogP contribution >= 0.6 is 0 Å². The summed E-state index contributed by atoms with van der Waals surface area (Å²) in [4.78, 5) is 9.36. The Kier molecular flexibility index (Phi) is 6.23. The second-order valence-electron chi connectivity index (χ2n) is 8.13. The van der Waals surface area contributed by atoms with Crippen molar-refractivity contribution in [1.29, 1.82) is 0 Å². The molecular weight excluding hydrogens is 353 g/mol. The lowest BCUT2D eigenvalue weighted by atomic mass is 9.86. The lowest BCUT2D eigenvalue weighted by Gasteiger charge is -2.32. The van der Waals surface area contributed by atoms with Crippen molar-refractivity contribution in [2.75, 3.05) is 39.8 Å². The van der Waals surface area contributed by atoms with Crippen LogP contribution in [0, 0.1) is 5.82 Å². The van der Waals surface area contributed by atoms with Gasteiger partial charge in [-0.2, -0.15) is 0 Å². The molecule has 1 fully saturated rings. The van der Waals surface area contributed by atoms with Gasteiger partial charge in [-0.25, -0.2) is 9.37 Å². The molecule has 3 heterocycles. The van der Waals surface area contributed by atoms with Gasteiger partial charge in [0.15, 0.2) is 0 Å². The van der Waals surface area contributed by atoms with E-state index < -0.39 is 0 Å². The standard InChI is InChI=1S/C23H30FN3O/c1-26-16-19-14-23(28-12-6-11-27-9-3-2-4-10-27)25-15-21(19)22(17-26)18-7-5-8-20(24)13-18/h5,7-8,13-15,22H,2-4,6,9-12,16-17H2,1H3. The van der Waals surface area contributed by atoms with Gasteiger partial charge in [0, 0.05) is 37.8 Å². The number of piperidine rings is 1. The third kappa shape index (κ3) is 4.70. The van der Waals surface area contributed by atoms with Gasteiger partial charge in [-0.3, -0.25) is 0 Å². The molecule has 2 aliphatic heterocycles. The Morgan fingerprint density at radius 3 is 2.86 bits per heavy atom. The summed E-state index contributed by atoms with van der Waals surface area (Å²) in [5.41, 5.74) is 3.42. The van der Waals surface area contributed by atoms with E-state index in [2.05, 4.69) is 27.9 Å². The van der Waals surface area contributed by atoms with Gasteiger partial charge in [-0.05, 0) is 68.2 Å². The van der Waals surface area contributed by atoms with Crippen LogP contribution in [0.5, 0.6) is 5.88 Å². The molecule has 1 saturated heterocycles. The summed E-state index contributed by atoms with van der Waals surface area (Å²) in [7, 11) is 2.11. The number of nitrogens with zero attached hydrogens (tertiary/aromatic N) is 3. The molecule has 2 aliphatic rings. The average molecular weight is 384 g/mol. The number of ether oxygens (including phenoxy) is 1. The van der Waals surface area contributed by atoms with Crippen molar-refractivity contribution in [2.24, 2.45) is 0 Å². The molecule has 1 atom stereocenters. The second kappa shape index (κ2) is 9.01. The average Bonchev–Trinajstić information content (AvgIpc) is 2.71. The van der Waals surface area contributed by atoms with E-state index in [1.165, 1.54) is 49.5 Å². The smallest absolute Gasteiger partial charge is 0.213 e. The van der Waals surface area contributed by atoms with Crippen LogP contribution in [0.15, 0.2) is 36.5 Å². The van der Waals surface area contributed by atoms with E-state index in [1.807, 2.05) is 12.3 Å². The minimum atomic E-state index is -0.186. The van der Waals surface area contributed by atoms with E-state index in [1.54, 1.807) is 12.1 Å². The lowest BCUT2D eigenvalue weighted by Crippen LogP contribution is -2.31. The van der Waals surface area contributed by atoms with Crippen molar-refractivity contribution in [3.05, 3.63) is 59.0 Å². The van der Waals surface area contributed by atoms with Crippen LogP contribution in [0.1, 0.15) is 48.3 Å². The van der Waals surface area contributed by atoms with Gasteiger partial charge >= 0.3 is 0 Å². The number of benzene rings is 1. The Balaban J connectivity index is 1.40. The van der Waals surface area contributed by atoms with Crippen LogP contribution in [-0.2, 0) is 6.54 Å². The van der Waals surface area contributed by atoms with Crippen molar-refractivity contribution in [3.63, 3.8) is 0 Å². The van der Waals surface area contributed by atoms with Crippen molar-refractivity contribution in [3.8, 4) is 5.88 Å². The maximum absolute atomic E-state index is 13.7. The molecule has 1 unspecified atom stereocenters. The topological polar surface area (TPSA) is 28.6 Å². The predicted octanol–water partition coefficient (Wildman–Crippen LogP) is 4.05. The van der Waals surface area contributed by atoms with E-state index in [9.17, 15) is 4.39 Å². The zero-order valence-corrected chi connectivity index (χ0v) is 16.7. The molecule has 0 bridgehead atoms. The van der Waals surface area contributed by atoms with Gasteiger partial charge in [0.2, 0.25) is 5.88 Å². The molecule has 5 heteroatoms. The van der Waals surface area contributed by atoms with Crippen LogP contribution in [0.25, 0.3) is 0 Å². The number of rotatable bonds is 6. The summed E-state index contributed by atoms with van der Waals surface area (Å²) in [6.07, 6.45) is 6.99. The molecule has 0 radical (unpaired) electrons. The highest BCUT2D eigenvalue weighted by Gasteiger charge is 2.26. The molecule has 28 heavy (non-hydrogen) atoms. The molecule has 0 aliphatic carbocycles. The molecule has 0 amide bonds. The number of likely N-dealkylation sites (tertiary alicyclic amines) is 1. The summed E-state index contributed by atoms with van der Waals surface area (Å²) in [6.45, 7) is 6.00. The minimum absolute atomic E-state index is 0.144. The highest BCUT2D eigenvalue weighted by Crippen LogP contribution is 2.34. The maximum atomic E-state index is 13.7. The fraction of sp³-hybridized carbons (Fsp3) is 0.522. The SMILES string of the molecule is CN1Cc2cc(OCCCN3CCCCC3)ncc2C(c2cccc(F)c2)C1. The fourth-order valence-corrected chi connectivity index (χ4v) is 4.44. The van der Waals surface area contributed by atoms with E-state index in [-0.39, 0.29) is 11.7 Å². The Bertz CT molecular complexity index is 791. The van der Waals surface area contributed by atoms with Gasteiger partial charge in [0.1, 0.15) is 5.82 Å². The number of likely N-dealkylation sites (N-methyl/N-ethyl adjacent to an activating group) is 1. The summed E-state index contributed by atoms with van der Waals surface area (Å²) >= 11 is 0. The molecule has 4 nitrogen and oxygen atoms in total. The zero-order chi connectivity index (χ0) is 19.3. The highest BCUT2D eigenvalue weighted by molar-refractivity contribution is 5.40. The van der Waals surface area contributed by atoms with Crippen LogP contribution in [0.3, 0.4) is 0 Å². The molecule has 4 rings (SSSR count). The molecule has 0 spiro atoms. The lowest BCUT2D eigenvalue weighted by molar-refractivity contribution is 0.202. The van der Waals surface area contributed by atoms with Crippen molar-refractivity contribution in [2.45, 2.75) is 38.1 Å². The van der Waals surface area contributed by atoms with Crippen molar-refractivity contribution >= 4 is 0 Å². The third-order valence-electron chi connectivity index (χ3n) is 5.88. The Morgan fingerprint density at radius 1 is 1.18 bits per heavy atom. The first-order valence-electron chi connectivity index (χ1n) is 10.5. The van der Waals surface area contributed by atoms with Gasteiger partial charge < -0.3 is 14.5 Å². The van der Waals surface area contributed by atoms with Crippen LogP contribution in [0.4, 0.5) is 4.39 Å². The van der Waals surface area contributed by atoms with E-state index in [0.717, 1.165) is 31.6 Å². The molecular formula is C23H30FN3O. The van der Waals surface area contributed by atoms with Gasteiger partial charge in [-0.1, -0.05) is 18.6 Å². The zero-order valence-electron chi connectivity index (χ0n) is 16.7. The van der Waals surface area contributed by atoms with Crippen molar-refractivity contribution < 1.29 is 9.13 Å². The Labute approximate surface area is 167 Å².